The van der Waals surface area contributed by atoms with E-state index in [-0.39, 0.29) is 5.56 Å². The number of hydrogen-bond acceptors (Lipinski definition) is 5. The van der Waals surface area contributed by atoms with Crippen molar-refractivity contribution < 1.29 is 9.90 Å². The average molecular weight is 306 g/mol. The Kier molecular flexibility index (Phi) is 4.24. The van der Waals surface area contributed by atoms with Gasteiger partial charge in [-0.3, -0.25) is 9.97 Å². The highest BCUT2D eigenvalue weighted by atomic mass is 16.4. The van der Waals surface area contributed by atoms with Gasteiger partial charge in [0.2, 0.25) is 0 Å². The standard InChI is InChI=1S/C17H14N4O2/c22-17(23)14-3-1-2-13(8-14)15-10-19-11-16(21-15)20-9-12-4-6-18-7-5-12/h1-8,10-11H,9H2,(H,20,21)(H,22,23). The van der Waals surface area contributed by atoms with Crippen molar-refractivity contribution in [1.82, 2.24) is 15.0 Å². The number of nitrogens with one attached hydrogen (secondary N) is 1. The number of benzene rings is 1. The lowest BCUT2D eigenvalue weighted by molar-refractivity contribution is 0.0697. The predicted octanol–water partition coefficient (Wildman–Crippen LogP) is 2.85. The zero-order valence-electron chi connectivity index (χ0n) is 12.2. The van der Waals surface area contributed by atoms with Crippen molar-refractivity contribution in [1.29, 1.82) is 0 Å². The summed E-state index contributed by atoms with van der Waals surface area (Å²) in [6.45, 7) is 0.607. The minimum atomic E-state index is -0.966. The summed E-state index contributed by atoms with van der Waals surface area (Å²) < 4.78 is 0. The summed E-state index contributed by atoms with van der Waals surface area (Å²) in [5.41, 5.74) is 2.64. The Bertz CT molecular complexity index is 822. The summed E-state index contributed by atoms with van der Waals surface area (Å²) in [5.74, 6) is -0.341. The van der Waals surface area contributed by atoms with E-state index in [1.165, 1.54) is 0 Å². The number of rotatable bonds is 5. The monoisotopic (exact) mass is 306 g/mol. The molecule has 0 aliphatic heterocycles. The third-order valence-corrected chi connectivity index (χ3v) is 3.26. The van der Waals surface area contributed by atoms with Crippen molar-refractivity contribution in [3.8, 4) is 11.3 Å². The Hall–Kier alpha value is -3.28. The molecule has 6 heteroatoms. The SMILES string of the molecule is O=C(O)c1cccc(-c2cncc(NCc3ccncc3)n2)c1. The van der Waals surface area contributed by atoms with Gasteiger partial charge in [0.1, 0.15) is 5.82 Å². The third kappa shape index (κ3) is 3.68. The molecule has 2 heterocycles. The molecule has 0 radical (unpaired) electrons. The first-order valence-electron chi connectivity index (χ1n) is 7.01. The molecule has 2 N–H and O–H groups in total. The van der Waals surface area contributed by atoms with Crippen LogP contribution in [0.3, 0.4) is 0 Å². The molecule has 0 aliphatic carbocycles. The number of pyridine rings is 1. The fourth-order valence-electron chi connectivity index (χ4n) is 2.10. The molecule has 0 fully saturated rings. The van der Waals surface area contributed by atoms with Crippen LogP contribution in [0, 0.1) is 0 Å². The molecule has 0 bridgehead atoms. The number of aromatic nitrogens is 3. The maximum absolute atomic E-state index is 11.1. The van der Waals surface area contributed by atoms with Gasteiger partial charge in [0.15, 0.2) is 0 Å². The summed E-state index contributed by atoms with van der Waals surface area (Å²) in [4.78, 5) is 23.7. The number of anilines is 1. The van der Waals surface area contributed by atoms with Gasteiger partial charge in [-0.1, -0.05) is 12.1 Å². The second-order valence-electron chi connectivity index (χ2n) is 4.88. The topological polar surface area (TPSA) is 88.0 Å². The zero-order chi connectivity index (χ0) is 16.1. The fraction of sp³-hybridized carbons (Fsp3) is 0.0588. The molecule has 0 saturated carbocycles. The van der Waals surface area contributed by atoms with Gasteiger partial charge < -0.3 is 10.4 Å². The van der Waals surface area contributed by atoms with Crippen molar-refractivity contribution in [3.63, 3.8) is 0 Å². The molecule has 0 saturated heterocycles. The maximum atomic E-state index is 11.1. The Morgan fingerprint density at radius 2 is 1.91 bits per heavy atom. The highest BCUT2D eigenvalue weighted by Crippen LogP contribution is 2.19. The molecule has 0 aliphatic rings. The van der Waals surface area contributed by atoms with Crippen LogP contribution in [-0.2, 0) is 6.54 Å². The molecule has 6 nitrogen and oxygen atoms in total. The third-order valence-electron chi connectivity index (χ3n) is 3.26. The summed E-state index contributed by atoms with van der Waals surface area (Å²) in [5, 5.41) is 12.3. The van der Waals surface area contributed by atoms with Gasteiger partial charge in [-0.2, -0.15) is 0 Å². The molecule has 0 spiro atoms. The van der Waals surface area contributed by atoms with Gasteiger partial charge in [-0.15, -0.1) is 0 Å². The average Bonchev–Trinajstić information content (AvgIpc) is 2.61. The van der Waals surface area contributed by atoms with Crippen molar-refractivity contribution >= 4 is 11.8 Å². The normalized spacial score (nSPS) is 10.3. The Morgan fingerprint density at radius 1 is 1.09 bits per heavy atom. The van der Waals surface area contributed by atoms with Crippen LogP contribution >= 0.6 is 0 Å². The number of aromatic carboxylic acids is 1. The predicted molar refractivity (Wildman–Crippen MR) is 86.0 cm³/mol. The largest absolute Gasteiger partial charge is 0.478 e. The summed E-state index contributed by atoms with van der Waals surface area (Å²) in [7, 11) is 0. The van der Waals surface area contributed by atoms with E-state index < -0.39 is 5.97 Å². The van der Waals surface area contributed by atoms with Gasteiger partial charge in [-0.05, 0) is 29.8 Å². The second-order valence-corrected chi connectivity index (χ2v) is 4.88. The maximum Gasteiger partial charge on any atom is 0.335 e. The van der Waals surface area contributed by atoms with Crippen molar-refractivity contribution in [2.24, 2.45) is 0 Å². The van der Waals surface area contributed by atoms with Crippen LogP contribution < -0.4 is 5.32 Å². The highest BCUT2D eigenvalue weighted by molar-refractivity contribution is 5.89. The minimum Gasteiger partial charge on any atom is -0.478 e. The Balaban J connectivity index is 1.80. The van der Waals surface area contributed by atoms with E-state index in [0.29, 0.717) is 23.6 Å². The number of carboxylic acid groups (broad SMARTS) is 1. The molecular formula is C17H14N4O2. The molecule has 0 atom stereocenters. The van der Waals surface area contributed by atoms with Gasteiger partial charge in [0.25, 0.3) is 0 Å². The van der Waals surface area contributed by atoms with Crippen molar-refractivity contribution in [3.05, 3.63) is 72.3 Å². The van der Waals surface area contributed by atoms with Crippen LogP contribution in [0.5, 0.6) is 0 Å². The highest BCUT2D eigenvalue weighted by Gasteiger charge is 2.07. The van der Waals surface area contributed by atoms with E-state index in [4.69, 9.17) is 5.11 Å². The summed E-state index contributed by atoms with van der Waals surface area (Å²) in [6.07, 6.45) is 6.71. The van der Waals surface area contributed by atoms with E-state index in [0.717, 1.165) is 5.56 Å². The van der Waals surface area contributed by atoms with Gasteiger partial charge in [-0.25, -0.2) is 9.78 Å². The van der Waals surface area contributed by atoms with Gasteiger partial charge in [0.05, 0.1) is 23.7 Å². The zero-order valence-corrected chi connectivity index (χ0v) is 12.2. The molecule has 3 aromatic rings. The quantitative estimate of drug-likeness (QED) is 0.753. The number of carbonyl (C=O) groups is 1. The minimum absolute atomic E-state index is 0.222. The first-order valence-corrected chi connectivity index (χ1v) is 7.01. The molecule has 0 amide bonds. The van der Waals surface area contributed by atoms with Crippen molar-refractivity contribution in [2.45, 2.75) is 6.54 Å². The number of nitrogens with zero attached hydrogens (tertiary/aromatic N) is 3. The number of carboxylic acids is 1. The lowest BCUT2D eigenvalue weighted by Gasteiger charge is -2.07. The van der Waals surface area contributed by atoms with Crippen LogP contribution in [-0.4, -0.2) is 26.0 Å². The van der Waals surface area contributed by atoms with Crippen LogP contribution in [0.15, 0.2) is 61.2 Å². The van der Waals surface area contributed by atoms with Gasteiger partial charge >= 0.3 is 5.97 Å². The first kappa shape index (κ1) is 14.6. The van der Waals surface area contributed by atoms with E-state index >= 15 is 0 Å². The molecule has 3 rings (SSSR count). The molecule has 23 heavy (non-hydrogen) atoms. The first-order chi connectivity index (χ1) is 11.2. The molecule has 2 aromatic heterocycles. The number of hydrogen-bond donors (Lipinski definition) is 2. The van der Waals surface area contributed by atoms with E-state index in [1.807, 2.05) is 18.2 Å². The Labute approximate surface area is 132 Å². The van der Waals surface area contributed by atoms with E-state index in [2.05, 4.69) is 20.3 Å². The smallest absolute Gasteiger partial charge is 0.335 e. The molecule has 114 valence electrons. The van der Waals surface area contributed by atoms with Crippen LogP contribution in [0.25, 0.3) is 11.3 Å². The lowest BCUT2D eigenvalue weighted by Crippen LogP contribution is -2.03. The van der Waals surface area contributed by atoms with Crippen LogP contribution in [0.1, 0.15) is 15.9 Å². The lowest BCUT2D eigenvalue weighted by atomic mass is 10.1. The van der Waals surface area contributed by atoms with Crippen LogP contribution in [0.2, 0.25) is 0 Å². The second kappa shape index (κ2) is 6.65. The molecule has 1 aromatic carbocycles. The molecule has 0 unspecified atom stereocenters. The van der Waals surface area contributed by atoms with Gasteiger partial charge in [0, 0.05) is 24.5 Å². The summed E-state index contributed by atoms with van der Waals surface area (Å²) >= 11 is 0. The van der Waals surface area contributed by atoms with E-state index in [1.54, 1.807) is 43.0 Å². The molecular weight excluding hydrogens is 292 g/mol. The van der Waals surface area contributed by atoms with Crippen LogP contribution in [0.4, 0.5) is 5.82 Å². The Morgan fingerprint density at radius 3 is 2.70 bits per heavy atom. The fourth-order valence-corrected chi connectivity index (χ4v) is 2.10. The van der Waals surface area contributed by atoms with E-state index in [9.17, 15) is 4.79 Å². The van der Waals surface area contributed by atoms with Crippen molar-refractivity contribution in [2.75, 3.05) is 5.32 Å². The summed E-state index contributed by atoms with van der Waals surface area (Å²) in [6, 6.07) is 10.5.